The van der Waals surface area contributed by atoms with Crippen molar-refractivity contribution < 1.29 is 9.18 Å². The molecule has 0 radical (unpaired) electrons. The monoisotopic (exact) mass is 391 g/mol. The summed E-state index contributed by atoms with van der Waals surface area (Å²) in [7, 11) is 0. The number of nitrogens with zero attached hydrogens (tertiary/aromatic N) is 3. The summed E-state index contributed by atoms with van der Waals surface area (Å²) >= 11 is 0. The molecule has 0 bridgehead atoms. The van der Waals surface area contributed by atoms with Crippen LogP contribution in [0.3, 0.4) is 0 Å². The molecule has 146 valence electrons. The molecule has 3 aromatic heterocycles. The third-order valence-electron chi connectivity index (χ3n) is 4.54. The van der Waals surface area contributed by atoms with Crippen molar-refractivity contribution in [3.8, 4) is 11.3 Å². The normalized spacial score (nSPS) is 12.1. The van der Waals surface area contributed by atoms with E-state index in [2.05, 4.69) is 20.4 Å². The van der Waals surface area contributed by atoms with Crippen LogP contribution in [0.25, 0.3) is 16.9 Å². The van der Waals surface area contributed by atoms with E-state index in [9.17, 15) is 14.0 Å². The molecule has 1 atom stereocenters. The number of aromatic nitrogens is 4. The van der Waals surface area contributed by atoms with Crippen molar-refractivity contribution in [2.24, 2.45) is 0 Å². The van der Waals surface area contributed by atoms with Crippen LogP contribution in [0.5, 0.6) is 0 Å². The molecule has 4 aromatic rings. The van der Waals surface area contributed by atoms with Gasteiger partial charge >= 0.3 is 0 Å². The first-order chi connectivity index (χ1) is 14.0. The maximum absolute atomic E-state index is 13.3. The van der Waals surface area contributed by atoms with E-state index >= 15 is 0 Å². The number of carbonyl (C=O) groups is 1. The third-order valence-corrected chi connectivity index (χ3v) is 4.54. The number of aromatic amines is 1. The van der Waals surface area contributed by atoms with Crippen LogP contribution in [0, 0.1) is 5.82 Å². The van der Waals surface area contributed by atoms with E-state index in [0.29, 0.717) is 17.8 Å². The van der Waals surface area contributed by atoms with E-state index < -0.39 is 6.04 Å². The Kier molecular flexibility index (Phi) is 4.90. The van der Waals surface area contributed by atoms with Crippen LogP contribution < -0.4 is 10.9 Å². The minimum Gasteiger partial charge on any atom is -0.349 e. The molecular formula is C21H18FN5O2. The van der Waals surface area contributed by atoms with E-state index in [4.69, 9.17) is 0 Å². The lowest BCUT2D eigenvalue weighted by atomic mass is 10.0. The minimum atomic E-state index is -0.431. The largest absolute Gasteiger partial charge is 0.349 e. The molecule has 0 saturated carbocycles. The standard InChI is InChI=1S/C21H18FN5O2/c1-13(28)24-18(14-4-6-16(22)7-5-14)9-17-10-21(29)27-20(25-17)11-19(26-27)15-3-2-8-23-12-15/h2-8,10-12,18,26H,9H2,1H3,(H,24,28)/t18-/m1/s1. The van der Waals surface area contributed by atoms with Crippen molar-refractivity contribution in [2.75, 3.05) is 0 Å². The average Bonchev–Trinajstić information content (AvgIpc) is 3.13. The summed E-state index contributed by atoms with van der Waals surface area (Å²) in [6, 6.07) is 12.3. The van der Waals surface area contributed by atoms with Crippen LogP contribution in [-0.2, 0) is 11.2 Å². The predicted octanol–water partition coefficient (Wildman–Crippen LogP) is 2.64. The van der Waals surface area contributed by atoms with Gasteiger partial charge in [0.2, 0.25) is 5.91 Å². The first-order valence-corrected chi connectivity index (χ1v) is 9.04. The van der Waals surface area contributed by atoms with Gasteiger partial charge < -0.3 is 5.32 Å². The number of pyridine rings is 1. The molecule has 3 heterocycles. The van der Waals surface area contributed by atoms with Gasteiger partial charge in [-0.3, -0.25) is 19.7 Å². The predicted molar refractivity (Wildman–Crippen MR) is 106 cm³/mol. The number of H-pyrrole nitrogens is 1. The number of nitrogens with one attached hydrogen (secondary N) is 2. The number of rotatable bonds is 5. The molecule has 0 aliphatic carbocycles. The molecule has 8 heteroatoms. The Morgan fingerprint density at radius 3 is 2.72 bits per heavy atom. The summed E-state index contributed by atoms with van der Waals surface area (Å²) in [4.78, 5) is 32.9. The second-order valence-electron chi connectivity index (χ2n) is 6.70. The zero-order chi connectivity index (χ0) is 20.4. The Labute approximate surface area is 165 Å². The smallest absolute Gasteiger partial charge is 0.272 e. The van der Waals surface area contributed by atoms with Crippen molar-refractivity contribution in [1.29, 1.82) is 0 Å². The molecule has 0 spiro atoms. The molecule has 29 heavy (non-hydrogen) atoms. The summed E-state index contributed by atoms with van der Waals surface area (Å²) in [5.41, 5.74) is 3.01. The fourth-order valence-electron chi connectivity index (χ4n) is 3.22. The average molecular weight is 391 g/mol. The Morgan fingerprint density at radius 1 is 1.24 bits per heavy atom. The third kappa shape index (κ3) is 4.06. The lowest BCUT2D eigenvalue weighted by molar-refractivity contribution is -0.119. The first-order valence-electron chi connectivity index (χ1n) is 9.04. The highest BCUT2D eigenvalue weighted by molar-refractivity contribution is 5.73. The molecule has 0 aliphatic heterocycles. The number of fused-ring (bicyclic) bond motifs is 1. The summed E-state index contributed by atoms with van der Waals surface area (Å²) in [6.07, 6.45) is 3.66. The van der Waals surface area contributed by atoms with Crippen LogP contribution in [0.4, 0.5) is 4.39 Å². The Balaban J connectivity index is 1.69. The lowest BCUT2D eigenvalue weighted by Gasteiger charge is -2.18. The van der Waals surface area contributed by atoms with Crippen LogP contribution in [-0.4, -0.2) is 25.5 Å². The van der Waals surface area contributed by atoms with Gasteiger partial charge in [-0.1, -0.05) is 12.1 Å². The molecule has 0 unspecified atom stereocenters. The van der Waals surface area contributed by atoms with Gasteiger partial charge in [0, 0.05) is 43.4 Å². The van der Waals surface area contributed by atoms with Crippen molar-refractivity contribution in [3.05, 3.63) is 88.4 Å². The summed E-state index contributed by atoms with van der Waals surface area (Å²) in [6.45, 7) is 1.41. The van der Waals surface area contributed by atoms with Gasteiger partial charge in [-0.2, -0.15) is 0 Å². The van der Waals surface area contributed by atoms with E-state index in [0.717, 1.165) is 16.8 Å². The van der Waals surface area contributed by atoms with E-state index in [-0.39, 0.29) is 17.3 Å². The van der Waals surface area contributed by atoms with E-state index in [1.807, 2.05) is 12.1 Å². The van der Waals surface area contributed by atoms with Crippen LogP contribution in [0.1, 0.15) is 24.2 Å². The van der Waals surface area contributed by atoms with Gasteiger partial charge in [0.15, 0.2) is 5.65 Å². The van der Waals surface area contributed by atoms with Gasteiger partial charge in [0.05, 0.1) is 17.4 Å². The lowest BCUT2D eigenvalue weighted by Crippen LogP contribution is -2.28. The molecule has 2 N–H and O–H groups in total. The van der Waals surface area contributed by atoms with Gasteiger partial charge in [0.1, 0.15) is 5.82 Å². The van der Waals surface area contributed by atoms with Crippen LogP contribution in [0.15, 0.2) is 65.7 Å². The highest BCUT2D eigenvalue weighted by Crippen LogP contribution is 2.20. The molecule has 4 rings (SSSR count). The maximum atomic E-state index is 13.3. The van der Waals surface area contributed by atoms with Crippen molar-refractivity contribution in [1.82, 2.24) is 24.9 Å². The van der Waals surface area contributed by atoms with Gasteiger partial charge in [-0.15, -0.1) is 0 Å². The fourth-order valence-corrected chi connectivity index (χ4v) is 3.22. The Hall–Kier alpha value is -3.81. The molecule has 0 fully saturated rings. The van der Waals surface area contributed by atoms with Gasteiger partial charge in [-0.25, -0.2) is 13.9 Å². The van der Waals surface area contributed by atoms with Crippen LogP contribution >= 0.6 is 0 Å². The number of halogens is 1. The molecule has 1 aromatic carbocycles. The molecular weight excluding hydrogens is 373 g/mol. The maximum Gasteiger partial charge on any atom is 0.272 e. The number of hydrogen-bond donors (Lipinski definition) is 2. The topological polar surface area (TPSA) is 92.2 Å². The minimum absolute atomic E-state index is 0.224. The zero-order valence-corrected chi connectivity index (χ0v) is 15.6. The highest BCUT2D eigenvalue weighted by atomic mass is 19.1. The van der Waals surface area contributed by atoms with Gasteiger partial charge in [0.25, 0.3) is 5.56 Å². The molecule has 7 nitrogen and oxygen atoms in total. The molecule has 1 amide bonds. The number of benzene rings is 1. The molecule has 0 saturated heterocycles. The summed E-state index contributed by atoms with van der Waals surface area (Å²) in [5.74, 6) is -0.582. The summed E-state index contributed by atoms with van der Waals surface area (Å²) in [5, 5.41) is 5.86. The quantitative estimate of drug-likeness (QED) is 0.547. The summed E-state index contributed by atoms with van der Waals surface area (Å²) < 4.78 is 14.6. The van der Waals surface area contributed by atoms with E-state index in [1.165, 1.54) is 29.6 Å². The van der Waals surface area contributed by atoms with Gasteiger partial charge in [-0.05, 0) is 29.8 Å². The first kappa shape index (κ1) is 18.5. The zero-order valence-electron chi connectivity index (χ0n) is 15.6. The highest BCUT2D eigenvalue weighted by Gasteiger charge is 2.16. The van der Waals surface area contributed by atoms with Crippen molar-refractivity contribution in [2.45, 2.75) is 19.4 Å². The number of hydrogen-bond acceptors (Lipinski definition) is 4. The number of carbonyl (C=O) groups excluding carboxylic acids is 1. The Morgan fingerprint density at radius 2 is 2.03 bits per heavy atom. The van der Waals surface area contributed by atoms with E-state index in [1.54, 1.807) is 30.6 Å². The van der Waals surface area contributed by atoms with Crippen molar-refractivity contribution >= 4 is 11.6 Å². The number of amides is 1. The van der Waals surface area contributed by atoms with Crippen LogP contribution in [0.2, 0.25) is 0 Å². The second kappa shape index (κ2) is 7.67. The fraction of sp³-hybridized carbons (Fsp3) is 0.143. The Bertz CT molecular complexity index is 1220. The second-order valence-corrected chi connectivity index (χ2v) is 6.70. The van der Waals surface area contributed by atoms with Crippen molar-refractivity contribution in [3.63, 3.8) is 0 Å². The molecule has 0 aliphatic rings. The SMILES string of the molecule is CC(=O)N[C@H](Cc1cc(=O)n2[nH]c(-c3cccnc3)cc2n1)c1ccc(F)cc1.